The number of piperidine rings is 1. The van der Waals surface area contributed by atoms with Gasteiger partial charge in [-0.3, -0.25) is 4.90 Å². The van der Waals surface area contributed by atoms with Gasteiger partial charge in [0.15, 0.2) is 0 Å². The van der Waals surface area contributed by atoms with E-state index >= 15 is 0 Å². The third kappa shape index (κ3) is 3.96. The maximum atomic E-state index is 14.2. The molecule has 2 N–H and O–H groups in total. The quantitative estimate of drug-likeness (QED) is 0.645. The number of ether oxygens (including phenoxy) is 1. The van der Waals surface area contributed by atoms with E-state index in [-0.39, 0.29) is 18.4 Å². The molecule has 2 bridgehead atoms. The Morgan fingerprint density at radius 3 is 2.57 bits per heavy atom. The van der Waals surface area contributed by atoms with Crippen molar-refractivity contribution in [3.63, 3.8) is 0 Å². The SMILES string of the molecule is OC12CCNCCC13CCN(CC1CC1)C2Cc1cc(C(F)(F)F)c(OCc2ccccc2)cc13. The molecule has 2 aliphatic carbocycles. The minimum absolute atomic E-state index is 0.0688. The van der Waals surface area contributed by atoms with Crippen molar-refractivity contribution >= 4 is 0 Å². The lowest BCUT2D eigenvalue weighted by molar-refractivity contribution is -0.150. The van der Waals surface area contributed by atoms with Crippen molar-refractivity contribution in [3.05, 3.63) is 64.7 Å². The van der Waals surface area contributed by atoms with Gasteiger partial charge in [0.05, 0.1) is 11.2 Å². The molecule has 0 aromatic heterocycles. The number of nitrogens with zero attached hydrogens (tertiary/aromatic N) is 1. The topological polar surface area (TPSA) is 44.7 Å². The van der Waals surface area contributed by atoms with E-state index in [0.717, 1.165) is 49.3 Å². The van der Waals surface area contributed by atoms with Crippen LogP contribution in [0.15, 0.2) is 42.5 Å². The van der Waals surface area contributed by atoms with Crippen molar-refractivity contribution in [2.45, 2.75) is 68.4 Å². The van der Waals surface area contributed by atoms with Crippen LogP contribution < -0.4 is 10.1 Å². The molecular weight excluding hydrogens is 453 g/mol. The molecule has 0 spiro atoms. The van der Waals surface area contributed by atoms with Crippen LogP contribution in [0.25, 0.3) is 0 Å². The van der Waals surface area contributed by atoms with Gasteiger partial charge in [0, 0.05) is 18.0 Å². The molecule has 6 rings (SSSR count). The standard InChI is InChI=1S/C28H33F3N2O2/c29-28(30,31)23-14-21-15-25-27(34)9-12-32-11-8-26(27,10-13-33(25)17-19-6-7-19)22(21)16-24(23)35-18-20-4-2-1-3-5-20/h1-5,14,16,19,25,32,34H,6-13,15,17-18H2. The third-order valence-corrected chi connectivity index (χ3v) is 8.92. The van der Waals surface area contributed by atoms with Gasteiger partial charge < -0.3 is 15.2 Å². The minimum atomic E-state index is -4.51. The first kappa shape index (κ1) is 23.3. The van der Waals surface area contributed by atoms with Crippen molar-refractivity contribution < 1.29 is 23.0 Å². The monoisotopic (exact) mass is 486 g/mol. The number of benzene rings is 2. The molecule has 7 heteroatoms. The molecule has 0 amide bonds. The highest BCUT2D eigenvalue weighted by atomic mass is 19.4. The number of halogens is 3. The number of hydrogen-bond acceptors (Lipinski definition) is 4. The summed E-state index contributed by atoms with van der Waals surface area (Å²) in [5, 5.41) is 15.8. The van der Waals surface area contributed by atoms with Crippen LogP contribution in [0.4, 0.5) is 13.2 Å². The summed E-state index contributed by atoms with van der Waals surface area (Å²) in [6, 6.07) is 12.1. The molecule has 2 aromatic rings. The van der Waals surface area contributed by atoms with Crippen LogP contribution in [0.3, 0.4) is 0 Å². The van der Waals surface area contributed by atoms with E-state index in [1.54, 1.807) is 6.07 Å². The van der Waals surface area contributed by atoms with E-state index in [4.69, 9.17) is 4.74 Å². The van der Waals surface area contributed by atoms with Crippen molar-refractivity contribution in [1.82, 2.24) is 10.2 Å². The average molecular weight is 487 g/mol. The summed E-state index contributed by atoms with van der Waals surface area (Å²) < 4.78 is 48.5. The summed E-state index contributed by atoms with van der Waals surface area (Å²) in [5.41, 5.74) is 0.160. The summed E-state index contributed by atoms with van der Waals surface area (Å²) in [6.45, 7) is 3.36. The van der Waals surface area contributed by atoms with E-state index in [0.29, 0.717) is 25.2 Å². The van der Waals surface area contributed by atoms with E-state index in [2.05, 4.69) is 10.2 Å². The number of rotatable bonds is 5. The first-order valence-corrected chi connectivity index (χ1v) is 12.9. The van der Waals surface area contributed by atoms with Crippen LogP contribution in [-0.4, -0.2) is 47.8 Å². The number of aliphatic hydroxyl groups is 1. The number of nitrogens with one attached hydrogen (secondary N) is 1. The van der Waals surface area contributed by atoms with Crippen LogP contribution >= 0.6 is 0 Å². The predicted molar refractivity (Wildman–Crippen MR) is 127 cm³/mol. The van der Waals surface area contributed by atoms with Gasteiger partial charge in [-0.15, -0.1) is 0 Å². The number of alkyl halides is 3. The second-order valence-corrected chi connectivity index (χ2v) is 10.9. The minimum Gasteiger partial charge on any atom is -0.488 e. The smallest absolute Gasteiger partial charge is 0.419 e. The Hall–Kier alpha value is -2.09. The Morgan fingerprint density at radius 1 is 1.06 bits per heavy atom. The zero-order chi connectivity index (χ0) is 24.3. The fraction of sp³-hybridized carbons (Fsp3) is 0.571. The number of hydrogen-bond donors (Lipinski definition) is 2. The molecule has 3 atom stereocenters. The zero-order valence-corrected chi connectivity index (χ0v) is 19.9. The van der Waals surface area contributed by atoms with Gasteiger partial charge in [0.2, 0.25) is 0 Å². The Bertz CT molecular complexity index is 1090. The molecule has 3 fully saturated rings. The second kappa shape index (κ2) is 8.49. The van der Waals surface area contributed by atoms with Gasteiger partial charge in [-0.05, 0) is 92.9 Å². The van der Waals surface area contributed by atoms with E-state index in [9.17, 15) is 18.3 Å². The van der Waals surface area contributed by atoms with Crippen LogP contribution in [0, 0.1) is 5.92 Å². The summed E-state index contributed by atoms with van der Waals surface area (Å²) in [4.78, 5) is 2.39. The molecule has 2 saturated heterocycles. The van der Waals surface area contributed by atoms with Crippen LogP contribution in [0.5, 0.6) is 5.75 Å². The molecule has 4 nitrogen and oxygen atoms in total. The van der Waals surface area contributed by atoms with E-state index < -0.39 is 22.8 Å². The fourth-order valence-electron chi connectivity index (χ4n) is 6.96. The van der Waals surface area contributed by atoms with Gasteiger partial charge in [-0.2, -0.15) is 13.2 Å². The Morgan fingerprint density at radius 2 is 1.83 bits per heavy atom. The molecule has 1 saturated carbocycles. The lowest BCUT2D eigenvalue weighted by atomic mass is 9.52. The molecule has 35 heavy (non-hydrogen) atoms. The van der Waals surface area contributed by atoms with Crippen LogP contribution in [-0.2, 0) is 24.6 Å². The second-order valence-electron chi connectivity index (χ2n) is 10.9. The molecule has 2 heterocycles. The zero-order valence-electron chi connectivity index (χ0n) is 19.9. The molecule has 0 radical (unpaired) electrons. The van der Waals surface area contributed by atoms with Crippen LogP contribution in [0.1, 0.15) is 54.4 Å². The normalized spacial score (nSPS) is 30.8. The van der Waals surface area contributed by atoms with E-state index in [1.807, 2.05) is 30.3 Å². The molecule has 2 aliphatic heterocycles. The maximum absolute atomic E-state index is 14.2. The highest BCUT2D eigenvalue weighted by molar-refractivity contribution is 5.52. The largest absolute Gasteiger partial charge is 0.488 e. The highest BCUT2D eigenvalue weighted by Crippen LogP contribution is 2.57. The molecule has 2 aromatic carbocycles. The van der Waals surface area contributed by atoms with Crippen LogP contribution in [0.2, 0.25) is 0 Å². The van der Waals surface area contributed by atoms with Crippen molar-refractivity contribution in [3.8, 4) is 5.75 Å². The summed E-state index contributed by atoms with van der Waals surface area (Å²) in [5.74, 6) is 0.531. The third-order valence-electron chi connectivity index (χ3n) is 8.92. The summed E-state index contributed by atoms with van der Waals surface area (Å²) >= 11 is 0. The first-order chi connectivity index (χ1) is 16.8. The molecular formula is C28H33F3N2O2. The van der Waals surface area contributed by atoms with Gasteiger partial charge in [0.1, 0.15) is 12.4 Å². The lowest BCUT2D eigenvalue weighted by Gasteiger charge is -2.61. The first-order valence-electron chi connectivity index (χ1n) is 12.9. The van der Waals surface area contributed by atoms with E-state index in [1.165, 1.54) is 18.9 Å². The maximum Gasteiger partial charge on any atom is 0.419 e. The van der Waals surface area contributed by atoms with Crippen molar-refractivity contribution in [2.75, 3.05) is 26.2 Å². The molecule has 3 unspecified atom stereocenters. The highest BCUT2D eigenvalue weighted by Gasteiger charge is 2.63. The predicted octanol–water partition coefficient (Wildman–Crippen LogP) is 4.68. The van der Waals surface area contributed by atoms with Gasteiger partial charge in [-0.25, -0.2) is 0 Å². The van der Waals surface area contributed by atoms with Gasteiger partial charge >= 0.3 is 6.18 Å². The average Bonchev–Trinajstić information content (AvgIpc) is 3.66. The van der Waals surface area contributed by atoms with Gasteiger partial charge in [-0.1, -0.05) is 30.3 Å². The number of fused-ring (bicyclic) bond motifs is 1. The number of likely N-dealkylation sites (tertiary alicyclic amines) is 1. The molecule has 4 aliphatic rings. The Labute approximate surface area is 204 Å². The Balaban J connectivity index is 1.45. The summed E-state index contributed by atoms with van der Waals surface area (Å²) in [6.07, 6.45) is 0.442. The molecule has 188 valence electrons. The van der Waals surface area contributed by atoms with Crippen molar-refractivity contribution in [1.29, 1.82) is 0 Å². The Kier molecular flexibility index (Phi) is 5.66. The fourth-order valence-corrected chi connectivity index (χ4v) is 6.96. The van der Waals surface area contributed by atoms with Crippen molar-refractivity contribution in [2.24, 2.45) is 5.92 Å². The lowest BCUT2D eigenvalue weighted by Crippen LogP contribution is -2.71. The van der Waals surface area contributed by atoms with Gasteiger partial charge in [0.25, 0.3) is 0 Å². The summed E-state index contributed by atoms with van der Waals surface area (Å²) in [7, 11) is 0.